The number of alkyl halides is 1. The van der Waals surface area contributed by atoms with Gasteiger partial charge < -0.3 is 5.11 Å². The van der Waals surface area contributed by atoms with Crippen molar-refractivity contribution in [2.75, 3.05) is 0 Å². The Morgan fingerprint density at radius 3 is 2.38 bits per heavy atom. The van der Waals surface area contributed by atoms with Crippen molar-refractivity contribution in [1.29, 1.82) is 5.26 Å². The van der Waals surface area contributed by atoms with E-state index >= 15 is 0 Å². The number of nitriles is 1. The molecule has 13 heavy (non-hydrogen) atoms. The summed E-state index contributed by atoms with van der Waals surface area (Å²) >= 11 is 0. The normalized spacial score (nSPS) is 14.2. The van der Waals surface area contributed by atoms with E-state index in [0.717, 1.165) is 6.07 Å². The molecular weight excluding hydrogens is 173 g/mol. The fourth-order valence-corrected chi connectivity index (χ4v) is 0.904. The van der Waals surface area contributed by atoms with Crippen LogP contribution in [0.3, 0.4) is 0 Å². The third kappa shape index (κ3) is 1.49. The van der Waals surface area contributed by atoms with Gasteiger partial charge in [-0.15, -0.1) is 0 Å². The summed E-state index contributed by atoms with van der Waals surface area (Å²) in [7, 11) is 0. The van der Waals surface area contributed by atoms with Gasteiger partial charge in [0, 0.05) is 5.56 Å². The number of hydrogen-bond acceptors (Lipinski definition) is 2. The number of carboxylic acid groups (broad SMARTS) is 1. The molecule has 1 unspecified atom stereocenters. The molecule has 0 bridgehead atoms. The zero-order valence-corrected chi connectivity index (χ0v) is 6.57. The molecule has 0 saturated heterocycles. The standard InChI is InChI=1S/C9H6FNO2/c10-9(6-11,8(12)13)7-4-2-1-3-5-7/h1-5H,(H,12,13). The topological polar surface area (TPSA) is 61.1 Å². The first kappa shape index (κ1) is 9.20. The van der Waals surface area contributed by atoms with E-state index < -0.39 is 11.6 Å². The lowest BCUT2D eigenvalue weighted by Gasteiger charge is -2.11. The summed E-state index contributed by atoms with van der Waals surface area (Å²) in [6.45, 7) is 0. The molecule has 0 aliphatic rings. The molecule has 1 rings (SSSR count). The van der Waals surface area contributed by atoms with Gasteiger partial charge >= 0.3 is 11.6 Å². The molecule has 0 aliphatic heterocycles. The SMILES string of the molecule is N#CC(F)(C(=O)O)c1ccccc1. The van der Waals surface area contributed by atoms with Crippen LogP contribution in [0.15, 0.2) is 30.3 Å². The van der Waals surface area contributed by atoms with Crippen LogP contribution >= 0.6 is 0 Å². The number of hydrogen-bond donors (Lipinski definition) is 1. The summed E-state index contributed by atoms with van der Waals surface area (Å²) < 4.78 is 13.4. The lowest BCUT2D eigenvalue weighted by Crippen LogP contribution is -2.28. The summed E-state index contributed by atoms with van der Waals surface area (Å²) in [5.74, 6) is -1.79. The van der Waals surface area contributed by atoms with Gasteiger partial charge in [0.25, 0.3) is 0 Å². The highest BCUT2D eigenvalue weighted by Gasteiger charge is 2.40. The van der Waals surface area contributed by atoms with Crippen molar-refractivity contribution in [3.05, 3.63) is 35.9 Å². The molecule has 1 atom stereocenters. The van der Waals surface area contributed by atoms with Crippen molar-refractivity contribution in [3.63, 3.8) is 0 Å². The Balaban J connectivity index is 3.21. The zero-order valence-electron chi connectivity index (χ0n) is 6.57. The minimum Gasteiger partial charge on any atom is -0.478 e. The highest BCUT2D eigenvalue weighted by molar-refractivity contribution is 5.82. The molecule has 1 aromatic rings. The third-order valence-corrected chi connectivity index (χ3v) is 1.62. The minimum atomic E-state index is -2.94. The minimum absolute atomic E-state index is 0.162. The first-order valence-electron chi connectivity index (χ1n) is 3.50. The largest absolute Gasteiger partial charge is 0.478 e. The predicted octanol–water partition coefficient (Wildman–Crippen LogP) is 1.46. The molecule has 0 fully saturated rings. The van der Waals surface area contributed by atoms with Crippen LogP contribution in [0.25, 0.3) is 0 Å². The molecule has 0 aliphatic carbocycles. The Morgan fingerprint density at radius 1 is 1.46 bits per heavy atom. The maximum Gasteiger partial charge on any atom is 0.361 e. The van der Waals surface area contributed by atoms with Crippen LogP contribution < -0.4 is 0 Å². The average Bonchev–Trinajstić information content (AvgIpc) is 2.17. The van der Waals surface area contributed by atoms with Crippen molar-refractivity contribution >= 4 is 5.97 Å². The monoisotopic (exact) mass is 179 g/mol. The second kappa shape index (κ2) is 3.23. The highest BCUT2D eigenvalue weighted by atomic mass is 19.1. The zero-order chi connectivity index (χ0) is 9.90. The molecule has 1 aromatic carbocycles. The predicted molar refractivity (Wildman–Crippen MR) is 42.5 cm³/mol. The Morgan fingerprint density at radius 2 is 2.00 bits per heavy atom. The summed E-state index contributed by atoms with van der Waals surface area (Å²) in [6.07, 6.45) is 0. The van der Waals surface area contributed by atoms with Crippen LogP contribution in [0.4, 0.5) is 4.39 Å². The second-order valence-corrected chi connectivity index (χ2v) is 2.44. The first-order chi connectivity index (χ1) is 6.11. The Bertz CT molecular complexity index is 358. The van der Waals surface area contributed by atoms with Gasteiger partial charge in [0.1, 0.15) is 6.07 Å². The van der Waals surface area contributed by atoms with E-state index in [1.165, 1.54) is 24.3 Å². The van der Waals surface area contributed by atoms with Gasteiger partial charge in [-0.3, -0.25) is 0 Å². The van der Waals surface area contributed by atoms with E-state index in [1.807, 2.05) is 0 Å². The number of carbonyl (C=O) groups is 1. The van der Waals surface area contributed by atoms with Crippen molar-refractivity contribution in [3.8, 4) is 6.07 Å². The molecule has 0 radical (unpaired) electrons. The van der Waals surface area contributed by atoms with E-state index in [9.17, 15) is 9.18 Å². The summed E-state index contributed by atoms with van der Waals surface area (Å²) in [5, 5.41) is 16.9. The molecule has 0 aromatic heterocycles. The molecule has 0 saturated carbocycles. The van der Waals surface area contributed by atoms with Gasteiger partial charge in [0.2, 0.25) is 0 Å². The first-order valence-corrected chi connectivity index (χ1v) is 3.50. The Hall–Kier alpha value is -1.89. The number of aliphatic carboxylic acids is 1. The van der Waals surface area contributed by atoms with E-state index in [1.54, 1.807) is 6.07 Å². The molecule has 0 amide bonds. The summed E-state index contributed by atoms with van der Waals surface area (Å²) in [5.41, 5.74) is -3.11. The van der Waals surface area contributed by atoms with Gasteiger partial charge in [0.05, 0.1) is 0 Å². The van der Waals surface area contributed by atoms with Gasteiger partial charge in [-0.05, 0) is 0 Å². The quantitative estimate of drug-likeness (QED) is 0.747. The van der Waals surface area contributed by atoms with E-state index in [4.69, 9.17) is 10.4 Å². The molecular formula is C9H6FNO2. The van der Waals surface area contributed by atoms with Gasteiger partial charge in [0.15, 0.2) is 0 Å². The molecule has 3 nitrogen and oxygen atoms in total. The number of nitrogens with zero attached hydrogens (tertiary/aromatic N) is 1. The highest BCUT2D eigenvalue weighted by Crippen LogP contribution is 2.24. The fraction of sp³-hybridized carbons (Fsp3) is 0.111. The van der Waals surface area contributed by atoms with E-state index in [2.05, 4.69) is 0 Å². The van der Waals surface area contributed by atoms with Crippen molar-refractivity contribution in [2.24, 2.45) is 0 Å². The van der Waals surface area contributed by atoms with Crippen LogP contribution in [0, 0.1) is 11.3 Å². The van der Waals surface area contributed by atoms with Crippen molar-refractivity contribution in [1.82, 2.24) is 0 Å². The molecule has 0 spiro atoms. The van der Waals surface area contributed by atoms with Crippen molar-refractivity contribution < 1.29 is 14.3 Å². The molecule has 0 heterocycles. The number of halogens is 1. The second-order valence-electron chi connectivity index (χ2n) is 2.44. The van der Waals surface area contributed by atoms with Crippen LogP contribution in [-0.2, 0) is 10.5 Å². The van der Waals surface area contributed by atoms with Crippen LogP contribution in [0.2, 0.25) is 0 Å². The van der Waals surface area contributed by atoms with Gasteiger partial charge in [-0.2, -0.15) is 5.26 Å². The summed E-state index contributed by atoms with van der Waals surface area (Å²) in [6, 6.07) is 8.22. The smallest absolute Gasteiger partial charge is 0.361 e. The fourth-order valence-electron chi connectivity index (χ4n) is 0.904. The van der Waals surface area contributed by atoms with Crippen LogP contribution in [-0.4, -0.2) is 11.1 Å². The number of rotatable bonds is 2. The number of benzene rings is 1. The van der Waals surface area contributed by atoms with E-state index in [0.29, 0.717) is 0 Å². The lowest BCUT2D eigenvalue weighted by molar-refractivity contribution is -0.147. The summed E-state index contributed by atoms with van der Waals surface area (Å²) in [4.78, 5) is 10.5. The van der Waals surface area contributed by atoms with Crippen molar-refractivity contribution in [2.45, 2.75) is 5.67 Å². The Kier molecular flexibility index (Phi) is 2.29. The van der Waals surface area contributed by atoms with Crippen LogP contribution in [0.1, 0.15) is 5.56 Å². The van der Waals surface area contributed by atoms with Gasteiger partial charge in [-0.1, -0.05) is 30.3 Å². The maximum absolute atomic E-state index is 13.4. The van der Waals surface area contributed by atoms with E-state index in [-0.39, 0.29) is 5.56 Å². The molecule has 4 heteroatoms. The maximum atomic E-state index is 13.4. The Labute approximate surface area is 74.0 Å². The third-order valence-electron chi connectivity index (χ3n) is 1.62. The van der Waals surface area contributed by atoms with Gasteiger partial charge in [-0.25, -0.2) is 9.18 Å². The molecule has 66 valence electrons. The average molecular weight is 179 g/mol. The van der Waals surface area contributed by atoms with Crippen LogP contribution in [0.5, 0.6) is 0 Å². The molecule has 1 N–H and O–H groups in total. The number of carboxylic acids is 1. The lowest BCUT2D eigenvalue weighted by atomic mass is 9.98.